The molecule has 0 fully saturated rings. The molecule has 0 saturated carbocycles. The van der Waals surface area contributed by atoms with Crippen molar-refractivity contribution < 1.29 is 14.3 Å². The van der Waals surface area contributed by atoms with E-state index in [2.05, 4.69) is 20.5 Å². The quantitative estimate of drug-likeness (QED) is 0.329. The molecule has 0 aliphatic rings. The highest BCUT2D eigenvalue weighted by Gasteiger charge is 2.11. The van der Waals surface area contributed by atoms with Crippen LogP contribution in [0.3, 0.4) is 0 Å². The molecule has 0 aliphatic carbocycles. The lowest BCUT2D eigenvalue weighted by atomic mass is 10.2. The van der Waals surface area contributed by atoms with E-state index in [4.69, 9.17) is 21.1 Å². The largest absolute Gasteiger partial charge is 0.491 e. The molecule has 0 atom stereocenters. The number of fused-ring (bicyclic) bond motifs is 1. The third kappa shape index (κ3) is 4.96. The minimum atomic E-state index is -0.244. The Kier molecular flexibility index (Phi) is 6.78. The molecule has 2 N–H and O–H groups in total. The SMILES string of the molecule is CCOc1cc(/C=N\NC(=O)CSc2nc3ccccc3[nH]2)cc(Cl)c1OC. The minimum absolute atomic E-state index is 0.185. The molecule has 146 valence electrons. The number of imidazole rings is 1. The van der Waals surface area contributed by atoms with Crippen LogP contribution in [0.4, 0.5) is 0 Å². The highest BCUT2D eigenvalue weighted by molar-refractivity contribution is 7.99. The summed E-state index contributed by atoms with van der Waals surface area (Å²) in [6.07, 6.45) is 1.50. The van der Waals surface area contributed by atoms with Crippen LogP contribution in [0.5, 0.6) is 11.5 Å². The van der Waals surface area contributed by atoms with Gasteiger partial charge in [0.2, 0.25) is 0 Å². The number of halogens is 1. The zero-order valence-corrected chi connectivity index (χ0v) is 16.9. The Morgan fingerprint density at radius 3 is 2.96 bits per heavy atom. The first-order valence-electron chi connectivity index (χ1n) is 8.50. The fourth-order valence-electron chi connectivity index (χ4n) is 2.47. The van der Waals surface area contributed by atoms with E-state index in [1.54, 1.807) is 12.1 Å². The number of para-hydroxylation sites is 2. The summed E-state index contributed by atoms with van der Waals surface area (Å²) in [6, 6.07) is 11.1. The summed E-state index contributed by atoms with van der Waals surface area (Å²) in [4.78, 5) is 19.6. The Bertz CT molecular complexity index is 973. The van der Waals surface area contributed by atoms with Gasteiger partial charge in [-0.2, -0.15) is 5.10 Å². The maximum atomic E-state index is 12.0. The van der Waals surface area contributed by atoms with Gasteiger partial charge in [-0.15, -0.1) is 0 Å². The van der Waals surface area contributed by atoms with E-state index in [0.29, 0.717) is 33.8 Å². The molecule has 7 nitrogen and oxygen atoms in total. The maximum Gasteiger partial charge on any atom is 0.250 e. The summed E-state index contributed by atoms with van der Waals surface area (Å²) >= 11 is 7.50. The van der Waals surface area contributed by atoms with Gasteiger partial charge in [-0.1, -0.05) is 35.5 Å². The second kappa shape index (κ2) is 9.48. The van der Waals surface area contributed by atoms with Crippen LogP contribution in [0.2, 0.25) is 5.02 Å². The lowest BCUT2D eigenvalue weighted by Crippen LogP contribution is -2.19. The number of hydrogen-bond acceptors (Lipinski definition) is 6. The number of nitrogens with one attached hydrogen (secondary N) is 2. The van der Waals surface area contributed by atoms with Crippen LogP contribution in [-0.2, 0) is 4.79 Å². The summed E-state index contributed by atoms with van der Waals surface area (Å²) in [5, 5.41) is 5.06. The van der Waals surface area contributed by atoms with Crippen molar-refractivity contribution in [2.24, 2.45) is 5.10 Å². The molecule has 0 saturated heterocycles. The summed E-state index contributed by atoms with van der Waals surface area (Å²) in [6.45, 7) is 2.34. The van der Waals surface area contributed by atoms with Gasteiger partial charge in [-0.05, 0) is 36.8 Å². The van der Waals surface area contributed by atoms with Crippen molar-refractivity contribution in [3.8, 4) is 11.5 Å². The summed E-state index contributed by atoms with van der Waals surface area (Å²) in [5.74, 6) is 0.925. The lowest BCUT2D eigenvalue weighted by Gasteiger charge is -2.11. The smallest absolute Gasteiger partial charge is 0.250 e. The number of methoxy groups -OCH3 is 1. The number of benzene rings is 2. The molecule has 3 rings (SSSR count). The number of amides is 1. The number of H-pyrrole nitrogens is 1. The van der Waals surface area contributed by atoms with E-state index >= 15 is 0 Å². The number of hydrogen-bond donors (Lipinski definition) is 2. The molecule has 1 aromatic heterocycles. The van der Waals surface area contributed by atoms with Crippen molar-refractivity contribution in [3.63, 3.8) is 0 Å². The van der Waals surface area contributed by atoms with Gasteiger partial charge in [0.15, 0.2) is 16.7 Å². The van der Waals surface area contributed by atoms with Crippen LogP contribution in [0, 0.1) is 0 Å². The zero-order chi connectivity index (χ0) is 19.9. The standard InChI is InChI=1S/C19H19ClN4O3S/c1-3-27-16-9-12(8-13(20)18(16)26-2)10-21-24-17(25)11-28-19-22-14-6-4-5-7-15(14)23-19/h4-10H,3,11H2,1-2H3,(H,22,23)(H,24,25)/b21-10-. The van der Waals surface area contributed by atoms with E-state index in [1.165, 1.54) is 25.1 Å². The zero-order valence-electron chi connectivity index (χ0n) is 15.4. The monoisotopic (exact) mass is 418 g/mol. The first kappa shape index (κ1) is 20.0. The third-order valence-electron chi connectivity index (χ3n) is 3.65. The average Bonchev–Trinajstić information content (AvgIpc) is 3.09. The molecular formula is C19H19ClN4O3S. The molecule has 0 aliphatic heterocycles. The third-order valence-corrected chi connectivity index (χ3v) is 4.80. The van der Waals surface area contributed by atoms with Crippen molar-refractivity contribution in [2.75, 3.05) is 19.5 Å². The van der Waals surface area contributed by atoms with E-state index in [9.17, 15) is 4.79 Å². The van der Waals surface area contributed by atoms with Crippen LogP contribution < -0.4 is 14.9 Å². The number of nitrogens with zero attached hydrogens (tertiary/aromatic N) is 2. The van der Waals surface area contributed by atoms with Gasteiger partial charge in [0.05, 0.1) is 41.7 Å². The Balaban J connectivity index is 1.57. The first-order chi connectivity index (χ1) is 13.6. The average molecular weight is 419 g/mol. The summed E-state index contributed by atoms with van der Waals surface area (Å²) in [7, 11) is 1.53. The molecule has 9 heteroatoms. The Hall–Kier alpha value is -2.71. The fraction of sp³-hybridized carbons (Fsp3) is 0.211. The number of aromatic amines is 1. The van der Waals surface area contributed by atoms with Gasteiger partial charge < -0.3 is 14.5 Å². The van der Waals surface area contributed by atoms with Crippen LogP contribution in [-0.4, -0.2) is 41.6 Å². The number of carbonyl (C=O) groups is 1. The molecule has 0 radical (unpaired) electrons. The van der Waals surface area contributed by atoms with E-state index in [0.717, 1.165) is 11.0 Å². The van der Waals surface area contributed by atoms with E-state index < -0.39 is 0 Å². The molecule has 0 spiro atoms. The predicted octanol–water partition coefficient (Wildman–Crippen LogP) is 3.87. The van der Waals surface area contributed by atoms with Crippen LogP contribution >= 0.6 is 23.4 Å². The topological polar surface area (TPSA) is 88.6 Å². The number of hydrazone groups is 1. The molecule has 28 heavy (non-hydrogen) atoms. The molecule has 2 aromatic carbocycles. The highest BCUT2D eigenvalue weighted by atomic mass is 35.5. The lowest BCUT2D eigenvalue weighted by molar-refractivity contribution is -0.118. The second-order valence-electron chi connectivity index (χ2n) is 5.61. The fourth-order valence-corrected chi connectivity index (χ4v) is 3.44. The van der Waals surface area contributed by atoms with Crippen LogP contribution in [0.15, 0.2) is 46.7 Å². The van der Waals surface area contributed by atoms with Gasteiger partial charge in [0, 0.05) is 0 Å². The minimum Gasteiger partial charge on any atom is -0.491 e. The van der Waals surface area contributed by atoms with Crippen molar-refractivity contribution in [2.45, 2.75) is 12.1 Å². The number of aromatic nitrogens is 2. The Morgan fingerprint density at radius 1 is 1.39 bits per heavy atom. The van der Waals surface area contributed by atoms with Gasteiger partial charge >= 0.3 is 0 Å². The Labute approximate surface area is 171 Å². The molecule has 0 bridgehead atoms. The van der Waals surface area contributed by atoms with Crippen molar-refractivity contribution in [1.82, 2.24) is 15.4 Å². The number of thioether (sulfide) groups is 1. The Morgan fingerprint density at radius 2 is 2.21 bits per heavy atom. The van der Waals surface area contributed by atoms with Gasteiger partial charge in [0.1, 0.15) is 0 Å². The van der Waals surface area contributed by atoms with Gasteiger partial charge in [-0.3, -0.25) is 4.79 Å². The first-order valence-corrected chi connectivity index (χ1v) is 9.87. The normalized spacial score (nSPS) is 11.1. The van der Waals surface area contributed by atoms with Crippen LogP contribution in [0.25, 0.3) is 11.0 Å². The number of ether oxygens (including phenoxy) is 2. The molecule has 1 amide bonds. The van der Waals surface area contributed by atoms with Gasteiger partial charge in [0.25, 0.3) is 5.91 Å². The van der Waals surface area contributed by atoms with Crippen molar-refractivity contribution in [1.29, 1.82) is 0 Å². The number of rotatable bonds is 8. The van der Waals surface area contributed by atoms with Crippen molar-refractivity contribution >= 4 is 46.5 Å². The molecule has 0 unspecified atom stereocenters. The second-order valence-corrected chi connectivity index (χ2v) is 6.98. The van der Waals surface area contributed by atoms with E-state index in [1.807, 2.05) is 31.2 Å². The maximum absolute atomic E-state index is 12.0. The summed E-state index contributed by atoms with van der Waals surface area (Å²) in [5.41, 5.74) is 4.97. The van der Waals surface area contributed by atoms with Crippen molar-refractivity contribution in [3.05, 3.63) is 47.0 Å². The van der Waals surface area contributed by atoms with Gasteiger partial charge in [-0.25, -0.2) is 10.4 Å². The molecular weight excluding hydrogens is 400 g/mol. The highest BCUT2D eigenvalue weighted by Crippen LogP contribution is 2.35. The number of carbonyl (C=O) groups excluding carboxylic acids is 1. The molecule has 1 heterocycles. The predicted molar refractivity (Wildman–Crippen MR) is 112 cm³/mol. The van der Waals surface area contributed by atoms with Crippen LogP contribution in [0.1, 0.15) is 12.5 Å². The van der Waals surface area contributed by atoms with E-state index in [-0.39, 0.29) is 11.7 Å². The summed E-state index contributed by atoms with van der Waals surface area (Å²) < 4.78 is 10.8. The molecule has 3 aromatic rings.